The van der Waals surface area contributed by atoms with E-state index in [1.54, 1.807) is 6.07 Å². The first-order valence-electron chi connectivity index (χ1n) is 7.40. The lowest BCUT2D eigenvalue weighted by atomic mass is 10.00. The molecule has 128 valence electrons. The Labute approximate surface area is 146 Å². The third-order valence-electron chi connectivity index (χ3n) is 3.74. The number of ether oxygens (including phenoxy) is 1. The van der Waals surface area contributed by atoms with Crippen molar-refractivity contribution in [2.45, 2.75) is 17.7 Å². The number of nitrogens with zero attached hydrogens (tertiary/aromatic N) is 2. The molecule has 2 N–H and O–H groups in total. The standard InChI is InChI=1S/C15H17ClN4O3S/c16-14-8-13(24(21,22)20-4-3-17)7-12(9-18)15(14)19-10-11-1-5-23-6-2-11/h7-8,11,19-20H,1-2,4-6,10H2. The van der Waals surface area contributed by atoms with Crippen LogP contribution in [0, 0.1) is 28.6 Å². The van der Waals surface area contributed by atoms with Crippen LogP contribution in [0.2, 0.25) is 5.02 Å². The van der Waals surface area contributed by atoms with Crippen LogP contribution in [0.3, 0.4) is 0 Å². The molecule has 0 aliphatic carbocycles. The maximum absolute atomic E-state index is 12.1. The van der Waals surface area contributed by atoms with E-state index in [-0.39, 0.29) is 22.0 Å². The summed E-state index contributed by atoms with van der Waals surface area (Å²) in [6, 6.07) is 6.18. The van der Waals surface area contributed by atoms with Crippen LogP contribution in [0.15, 0.2) is 17.0 Å². The summed E-state index contributed by atoms with van der Waals surface area (Å²) in [5.74, 6) is 0.419. The molecule has 1 aliphatic rings. The van der Waals surface area contributed by atoms with Crippen molar-refractivity contribution in [3.05, 3.63) is 22.7 Å². The van der Waals surface area contributed by atoms with Gasteiger partial charge in [-0.25, -0.2) is 8.42 Å². The van der Waals surface area contributed by atoms with Crippen molar-refractivity contribution >= 4 is 27.3 Å². The van der Waals surface area contributed by atoms with E-state index in [4.69, 9.17) is 21.6 Å². The second-order valence-electron chi connectivity index (χ2n) is 5.36. The molecule has 0 saturated carbocycles. The molecule has 0 spiro atoms. The van der Waals surface area contributed by atoms with Crippen LogP contribution >= 0.6 is 11.6 Å². The number of halogens is 1. The predicted molar refractivity (Wildman–Crippen MR) is 89.0 cm³/mol. The van der Waals surface area contributed by atoms with Crippen LogP contribution in [0.1, 0.15) is 18.4 Å². The molecule has 0 radical (unpaired) electrons. The van der Waals surface area contributed by atoms with Gasteiger partial charge in [0, 0.05) is 19.8 Å². The zero-order chi connectivity index (χ0) is 17.6. The molecular formula is C15H17ClN4O3S. The zero-order valence-electron chi connectivity index (χ0n) is 12.9. The Kier molecular flexibility index (Phi) is 6.41. The fourth-order valence-electron chi connectivity index (χ4n) is 2.41. The van der Waals surface area contributed by atoms with Gasteiger partial charge < -0.3 is 10.1 Å². The Morgan fingerprint density at radius 3 is 2.62 bits per heavy atom. The fraction of sp³-hybridized carbons (Fsp3) is 0.467. The van der Waals surface area contributed by atoms with Gasteiger partial charge in [-0.3, -0.25) is 0 Å². The molecule has 1 saturated heterocycles. The van der Waals surface area contributed by atoms with Crippen LogP contribution in [0.4, 0.5) is 5.69 Å². The molecule has 1 fully saturated rings. The van der Waals surface area contributed by atoms with E-state index in [1.807, 2.05) is 6.07 Å². The van der Waals surface area contributed by atoms with Crippen molar-refractivity contribution in [1.29, 1.82) is 10.5 Å². The smallest absolute Gasteiger partial charge is 0.241 e. The number of nitrogens with one attached hydrogen (secondary N) is 2. The summed E-state index contributed by atoms with van der Waals surface area (Å²) in [6.07, 6.45) is 1.86. The highest BCUT2D eigenvalue weighted by atomic mass is 35.5. The van der Waals surface area contributed by atoms with Gasteiger partial charge in [0.15, 0.2) is 0 Å². The summed E-state index contributed by atoms with van der Waals surface area (Å²) < 4.78 is 31.5. The third-order valence-corrected chi connectivity index (χ3v) is 5.42. The lowest BCUT2D eigenvalue weighted by molar-refractivity contribution is 0.0699. The average molecular weight is 369 g/mol. The van der Waals surface area contributed by atoms with Gasteiger partial charge in [-0.2, -0.15) is 15.2 Å². The van der Waals surface area contributed by atoms with E-state index in [0.717, 1.165) is 12.8 Å². The number of hydrogen-bond donors (Lipinski definition) is 2. The molecule has 0 aromatic heterocycles. The summed E-state index contributed by atoms with van der Waals surface area (Å²) >= 11 is 6.18. The molecule has 0 amide bonds. The molecule has 0 atom stereocenters. The Bertz CT molecular complexity index is 777. The summed E-state index contributed by atoms with van der Waals surface area (Å²) in [5, 5.41) is 21.1. The van der Waals surface area contributed by atoms with Gasteiger partial charge in [-0.05, 0) is 30.9 Å². The Balaban J connectivity index is 2.21. The third kappa shape index (κ3) is 4.59. The predicted octanol–water partition coefficient (Wildman–Crippen LogP) is 1.85. The van der Waals surface area contributed by atoms with Crippen molar-refractivity contribution in [3.63, 3.8) is 0 Å². The number of rotatable bonds is 6. The summed E-state index contributed by atoms with van der Waals surface area (Å²) in [6.45, 7) is 1.71. The molecule has 0 unspecified atom stereocenters. The molecule has 1 aromatic rings. The Morgan fingerprint density at radius 2 is 2.00 bits per heavy atom. The Hall–Kier alpha value is -1.84. The molecule has 0 bridgehead atoms. The SMILES string of the molecule is N#CCNS(=O)(=O)c1cc(Cl)c(NCC2CCOCC2)c(C#N)c1. The second-order valence-corrected chi connectivity index (χ2v) is 7.53. The van der Waals surface area contributed by atoms with E-state index in [0.29, 0.717) is 31.4 Å². The van der Waals surface area contributed by atoms with Gasteiger partial charge >= 0.3 is 0 Å². The van der Waals surface area contributed by atoms with E-state index in [1.165, 1.54) is 12.1 Å². The van der Waals surface area contributed by atoms with Gasteiger partial charge in [0.25, 0.3) is 0 Å². The fourth-order valence-corrected chi connectivity index (χ4v) is 3.73. The summed E-state index contributed by atoms with van der Waals surface area (Å²) in [5.41, 5.74) is 0.566. The van der Waals surface area contributed by atoms with Crippen LogP contribution < -0.4 is 10.0 Å². The van der Waals surface area contributed by atoms with E-state index >= 15 is 0 Å². The Morgan fingerprint density at radius 1 is 1.29 bits per heavy atom. The summed E-state index contributed by atoms with van der Waals surface area (Å²) in [7, 11) is -3.88. The van der Waals surface area contributed by atoms with Gasteiger partial charge in [-0.15, -0.1) is 0 Å². The quantitative estimate of drug-likeness (QED) is 0.740. The molecule has 1 aliphatic heterocycles. The molecule has 9 heteroatoms. The van der Waals surface area contributed by atoms with Crippen LogP contribution in [0.25, 0.3) is 0 Å². The molecule has 24 heavy (non-hydrogen) atoms. The molecule has 1 heterocycles. The lowest BCUT2D eigenvalue weighted by Crippen LogP contribution is -2.25. The zero-order valence-corrected chi connectivity index (χ0v) is 14.5. The number of hydrogen-bond acceptors (Lipinski definition) is 6. The van der Waals surface area contributed by atoms with Crippen molar-refractivity contribution in [3.8, 4) is 12.1 Å². The van der Waals surface area contributed by atoms with Crippen molar-refractivity contribution < 1.29 is 13.2 Å². The van der Waals surface area contributed by atoms with E-state index in [9.17, 15) is 13.7 Å². The second kappa shape index (κ2) is 8.32. The maximum Gasteiger partial charge on any atom is 0.241 e. The van der Waals surface area contributed by atoms with Gasteiger partial charge in [0.1, 0.15) is 6.07 Å². The largest absolute Gasteiger partial charge is 0.382 e. The number of anilines is 1. The van der Waals surface area contributed by atoms with Crippen LogP contribution in [0.5, 0.6) is 0 Å². The first-order chi connectivity index (χ1) is 11.5. The first kappa shape index (κ1) is 18.5. The molecule has 1 aromatic carbocycles. The van der Waals surface area contributed by atoms with E-state index in [2.05, 4.69) is 10.0 Å². The van der Waals surface area contributed by atoms with Crippen molar-refractivity contribution in [2.75, 3.05) is 31.6 Å². The van der Waals surface area contributed by atoms with Gasteiger partial charge in [0.2, 0.25) is 10.0 Å². The number of sulfonamides is 1. The molecule has 7 nitrogen and oxygen atoms in total. The number of benzene rings is 1. The monoisotopic (exact) mass is 368 g/mol. The van der Waals surface area contributed by atoms with Crippen molar-refractivity contribution in [1.82, 2.24) is 4.72 Å². The minimum absolute atomic E-state index is 0.143. The van der Waals surface area contributed by atoms with Crippen molar-refractivity contribution in [2.24, 2.45) is 5.92 Å². The van der Waals surface area contributed by atoms with E-state index < -0.39 is 10.0 Å². The first-order valence-corrected chi connectivity index (χ1v) is 9.26. The van der Waals surface area contributed by atoms with Crippen LogP contribution in [-0.2, 0) is 14.8 Å². The number of nitriles is 2. The average Bonchev–Trinajstić information content (AvgIpc) is 2.59. The molecule has 2 rings (SSSR count). The molecular weight excluding hydrogens is 352 g/mol. The summed E-state index contributed by atoms with van der Waals surface area (Å²) in [4.78, 5) is -0.143. The maximum atomic E-state index is 12.1. The highest BCUT2D eigenvalue weighted by Gasteiger charge is 2.20. The normalized spacial score (nSPS) is 15.5. The van der Waals surface area contributed by atoms with Gasteiger partial charge in [0.05, 0.1) is 33.8 Å². The minimum Gasteiger partial charge on any atom is -0.382 e. The lowest BCUT2D eigenvalue weighted by Gasteiger charge is -2.23. The highest BCUT2D eigenvalue weighted by Crippen LogP contribution is 2.30. The van der Waals surface area contributed by atoms with Crippen LogP contribution in [-0.4, -0.2) is 34.7 Å². The van der Waals surface area contributed by atoms with Gasteiger partial charge in [-0.1, -0.05) is 11.6 Å². The minimum atomic E-state index is -3.88. The highest BCUT2D eigenvalue weighted by molar-refractivity contribution is 7.89. The topological polar surface area (TPSA) is 115 Å².